The van der Waals surface area contributed by atoms with Gasteiger partial charge in [-0.3, -0.25) is 19.4 Å². The van der Waals surface area contributed by atoms with Crippen molar-refractivity contribution in [2.45, 2.75) is 13.1 Å². The van der Waals surface area contributed by atoms with Gasteiger partial charge in [0.2, 0.25) is 0 Å². The smallest absolute Gasteiger partial charge is 0.317 e. The van der Waals surface area contributed by atoms with Crippen LogP contribution in [0.4, 0.5) is 0 Å². The van der Waals surface area contributed by atoms with Crippen LogP contribution < -0.4 is 0 Å². The fraction of sp³-hybridized carbons (Fsp3) is 0.286. The minimum absolute atomic E-state index is 0.0202. The van der Waals surface area contributed by atoms with Gasteiger partial charge in [0.05, 0.1) is 13.1 Å². The highest BCUT2D eigenvalue weighted by atomic mass is 16.4. The molecule has 0 atom stereocenters. The predicted octanol–water partition coefficient (Wildman–Crippen LogP) is 0.208. The third-order valence-electron chi connectivity index (χ3n) is 2.78. The quantitative estimate of drug-likeness (QED) is 0.397. The molecular formula is C14H16N2O6. The molecule has 0 aromatic heterocycles. The Morgan fingerprint density at radius 2 is 1.32 bits per heavy atom. The molecule has 22 heavy (non-hydrogen) atoms. The fourth-order valence-corrected chi connectivity index (χ4v) is 1.91. The summed E-state index contributed by atoms with van der Waals surface area (Å²) in [5.41, 5.74) is 0.457. The molecule has 0 saturated heterocycles. The molecule has 0 aliphatic rings. The number of carbonyl (C=O) groups is 2. The topological polar surface area (TPSA) is 122 Å². The molecule has 1 aromatic rings. The summed E-state index contributed by atoms with van der Waals surface area (Å²) in [4.78, 5) is 23.4. The van der Waals surface area contributed by atoms with E-state index in [4.69, 9.17) is 24.3 Å². The Morgan fingerprint density at radius 1 is 0.909 bits per heavy atom. The summed E-state index contributed by atoms with van der Waals surface area (Å²) in [5.74, 6) is -3.32. The molecule has 0 spiro atoms. The fourth-order valence-electron chi connectivity index (χ4n) is 1.91. The number of carboxylic acid groups (broad SMARTS) is 2. The molecule has 1 rings (SSSR count). The van der Waals surface area contributed by atoms with Crippen LogP contribution in [0.2, 0.25) is 0 Å². The van der Waals surface area contributed by atoms with Crippen LogP contribution in [-0.4, -0.2) is 55.3 Å². The van der Waals surface area contributed by atoms with Crippen LogP contribution in [0.1, 0.15) is 11.1 Å². The molecule has 0 heterocycles. The second-order valence-electron chi connectivity index (χ2n) is 4.69. The summed E-state index contributed by atoms with van der Waals surface area (Å²) in [6, 6.07) is 2.89. The first-order valence-corrected chi connectivity index (χ1v) is 6.16. The normalized spacial score (nSPS) is 11.1. The van der Waals surface area contributed by atoms with Crippen molar-refractivity contribution < 1.29 is 30.0 Å². The first-order chi connectivity index (χ1) is 10.2. The number of benzene rings is 1. The molecule has 0 aliphatic carbocycles. The number of aliphatic carboxylic acids is 2. The molecule has 0 fully saturated rings. The average Bonchev–Trinajstić information content (AvgIpc) is 2.36. The molecule has 0 unspecified atom stereocenters. The van der Waals surface area contributed by atoms with E-state index in [1.165, 1.54) is 12.1 Å². The van der Waals surface area contributed by atoms with Gasteiger partial charge >= 0.3 is 11.9 Å². The molecule has 0 saturated carbocycles. The van der Waals surface area contributed by atoms with Gasteiger partial charge in [-0.25, -0.2) is 0 Å². The second-order valence-corrected chi connectivity index (χ2v) is 4.69. The maximum absolute atomic E-state index is 10.7. The molecule has 4 radical (unpaired) electrons. The summed E-state index contributed by atoms with van der Waals surface area (Å²) < 4.78 is 0. The Labute approximate surface area is 127 Å². The van der Waals surface area contributed by atoms with E-state index < -0.39 is 36.5 Å². The minimum atomic E-state index is -1.21. The van der Waals surface area contributed by atoms with Crippen LogP contribution in [0, 0.1) is 14.1 Å². The van der Waals surface area contributed by atoms with Gasteiger partial charge in [-0.15, -0.1) is 0 Å². The van der Waals surface area contributed by atoms with Crippen LogP contribution in [-0.2, 0) is 22.7 Å². The molecule has 118 valence electrons. The number of aromatic hydroxyl groups is 2. The molecular weight excluding hydrogens is 292 g/mol. The lowest BCUT2D eigenvalue weighted by Crippen LogP contribution is -2.34. The molecule has 0 amide bonds. The Kier molecular flexibility index (Phi) is 6.14. The molecule has 0 aliphatic heterocycles. The third-order valence-corrected chi connectivity index (χ3v) is 2.78. The Morgan fingerprint density at radius 3 is 1.68 bits per heavy atom. The van der Waals surface area contributed by atoms with Crippen molar-refractivity contribution in [1.82, 2.24) is 9.80 Å². The van der Waals surface area contributed by atoms with E-state index >= 15 is 0 Å². The van der Waals surface area contributed by atoms with E-state index in [2.05, 4.69) is 0 Å². The molecule has 8 heteroatoms. The van der Waals surface area contributed by atoms with E-state index in [-0.39, 0.29) is 24.2 Å². The third kappa shape index (κ3) is 5.23. The van der Waals surface area contributed by atoms with E-state index in [0.29, 0.717) is 0 Å². The van der Waals surface area contributed by atoms with Crippen molar-refractivity contribution in [1.29, 1.82) is 0 Å². The summed E-state index contributed by atoms with van der Waals surface area (Å²) >= 11 is 0. The van der Waals surface area contributed by atoms with Gasteiger partial charge in [-0.2, -0.15) is 0 Å². The minimum Gasteiger partial charge on any atom is -0.504 e. The zero-order valence-electron chi connectivity index (χ0n) is 11.6. The van der Waals surface area contributed by atoms with Crippen molar-refractivity contribution >= 4 is 11.9 Å². The number of rotatable bonds is 8. The lowest BCUT2D eigenvalue weighted by Gasteiger charge is -2.20. The lowest BCUT2D eigenvalue weighted by molar-refractivity contribution is -0.142. The van der Waals surface area contributed by atoms with Gasteiger partial charge in [0.25, 0.3) is 0 Å². The number of hydrogen-bond acceptors (Lipinski definition) is 6. The van der Waals surface area contributed by atoms with E-state index in [9.17, 15) is 19.8 Å². The molecule has 8 nitrogen and oxygen atoms in total. The van der Waals surface area contributed by atoms with Crippen LogP contribution in [0.5, 0.6) is 11.5 Å². The van der Waals surface area contributed by atoms with E-state index in [1.54, 1.807) is 0 Å². The number of phenols is 2. The number of carboxylic acids is 2. The van der Waals surface area contributed by atoms with Crippen molar-refractivity contribution in [2.75, 3.05) is 13.1 Å². The molecule has 0 bridgehead atoms. The molecule has 4 N–H and O–H groups in total. The predicted molar refractivity (Wildman–Crippen MR) is 74.5 cm³/mol. The zero-order valence-corrected chi connectivity index (χ0v) is 11.6. The van der Waals surface area contributed by atoms with Crippen LogP contribution in [0.25, 0.3) is 0 Å². The van der Waals surface area contributed by atoms with Crippen LogP contribution in [0.15, 0.2) is 12.1 Å². The Balaban J connectivity index is 2.97. The number of hydrogen-bond donors (Lipinski definition) is 4. The number of phenolic OH excluding ortho intramolecular Hbond substituents is 2. The van der Waals surface area contributed by atoms with E-state index in [1.807, 2.05) is 0 Å². The van der Waals surface area contributed by atoms with Crippen molar-refractivity contribution in [3.63, 3.8) is 0 Å². The summed E-state index contributed by atoms with van der Waals surface area (Å²) in [6.45, 7) is -1.22. The standard InChI is InChI=1S/C14H16N2O6/c1-15(2)5-9-3-4-10(14(22)13(9)21)6-16(7-11(17)18)8-12(19)20/h1-4,21-22H,5-8H2,(H,17,18)(H,19,20). The SMILES string of the molecule is [CH]N([CH])Cc1ccc(CN(CC(=O)O)CC(=O)O)c(O)c1O. The van der Waals surface area contributed by atoms with Gasteiger partial charge in [0.15, 0.2) is 11.5 Å². The van der Waals surface area contributed by atoms with Gasteiger partial charge in [-0.1, -0.05) is 12.1 Å². The maximum Gasteiger partial charge on any atom is 0.317 e. The largest absolute Gasteiger partial charge is 0.504 e. The second kappa shape index (κ2) is 7.62. The van der Waals surface area contributed by atoms with Gasteiger partial charge in [0.1, 0.15) is 0 Å². The van der Waals surface area contributed by atoms with Crippen LogP contribution in [0.3, 0.4) is 0 Å². The highest BCUT2D eigenvalue weighted by Crippen LogP contribution is 2.34. The van der Waals surface area contributed by atoms with Gasteiger partial charge in [0, 0.05) is 38.3 Å². The highest BCUT2D eigenvalue weighted by Gasteiger charge is 2.18. The summed E-state index contributed by atoms with van der Waals surface area (Å²) in [7, 11) is 10.5. The Hall–Kier alpha value is -2.32. The number of nitrogens with zero attached hydrogens (tertiary/aromatic N) is 2. The van der Waals surface area contributed by atoms with Crippen molar-refractivity contribution in [3.05, 3.63) is 37.4 Å². The first kappa shape index (κ1) is 17.7. The first-order valence-electron chi connectivity index (χ1n) is 6.16. The van der Waals surface area contributed by atoms with Crippen molar-refractivity contribution in [3.8, 4) is 11.5 Å². The summed E-state index contributed by atoms with van der Waals surface area (Å²) in [5, 5.41) is 37.3. The highest BCUT2D eigenvalue weighted by molar-refractivity contribution is 5.72. The lowest BCUT2D eigenvalue weighted by atomic mass is 10.1. The average molecular weight is 308 g/mol. The maximum atomic E-state index is 10.7. The van der Waals surface area contributed by atoms with Crippen molar-refractivity contribution in [2.24, 2.45) is 0 Å². The summed E-state index contributed by atoms with van der Waals surface area (Å²) in [6.07, 6.45) is 0. The monoisotopic (exact) mass is 308 g/mol. The Bertz CT molecular complexity index is 543. The van der Waals surface area contributed by atoms with E-state index in [0.717, 1.165) is 9.80 Å². The van der Waals surface area contributed by atoms with Crippen LogP contribution >= 0.6 is 0 Å². The van der Waals surface area contributed by atoms with Gasteiger partial charge < -0.3 is 20.4 Å². The molecule has 1 aromatic carbocycles. The van der Waals surface area contributed by atoms with Gasteiger partial charge in [-0.05, 0) is 0 Å². The zero-order chi connectivity index (χ0) is 16.9.